The Morgan fingerprint density at radius 1 is 1.12 bits per heavy atom. The predicted octanol–water partition coefficient (Wildman–Crippen LogP) is 1.51. The number of methoxy groups -OCH3 is 3. The van der Waals surface area contributed by atoms with E-state index in [4.69, 9.17) is 14.2 Å². The van der Waals surface area contributed by atoms with Crippen LogP contribution in [-0.2, 0) is 13.6 Å². The van der Waals surface area contributed by atoms with Gasteiger partial charge in [-0.15, -0.1) is 5.10 Å². The third kappa shape index (κ3) is 4.75. The molecule has 1 aromatic heterocycles. The van der Waals surface area contributed by atoms with Crippen molar-refractivity contribution in [1.82, 2.24) is 25.5 Å². The summed E-state index contributed by atoms with van der Waals surface area (Å²) >= 11 is 1.65. The molecular formula is C15H23N5O3S. The highest BCUT2D eigenvalue weighted by atomic mass is 32.2. The normalized spacial score (nSPS) is 10.7. The second-order valence-corrected chi connectivity index (χ2v) is 6.06. The zero-order valence-electron chi connectivity index (χ0n) is 14.4. The first kappa shape index (κ1) is 18.3. The highest BCUT2D eigenvalue weighted by molar-refractivity contribution is 7.99. The lowest BCUT2D eigenvalue weighted by molar-refractivity contribution is 0.323. The summed E-state index contributed by atoms with van der Waals surface area (Å²) in [6.45, 7) is 1.63. The van der Waals surface area contributed by atoms with Crippen LogP contribution in [0, 0.1) is 0 Å². The summed E-state index contributed by atoms with van der Waals surface area (Å²) in [5, 5.41) is 15.6. The molecule has 0 unspecified atom stereocenters. The highest BCUT2D eigenvalue weighted by Crippen LogP contribution is 2.38. The summed E-state index contributed by atoms with van der Waals surface area (Å²) < 4.78 is 17.7. The molecule has 2 rings (SSSR count). The molecule has 0 spiro atoms. The Kier molecular flexibility index (Phi) is 7.13. The molecule has 0 radical (unpaired) electrons. The number of hydrogen-bond acceptors (Lipinski definition) is 8. The minimum atomic E-state index is 0.609. The molecular weight excluding hydrogens is 330 g/mol. The van der Waals surface area contributed by atoms with Crippen molar-refractivity contribution in [2.45, 2.75) is 18.1 Å². The maximum Gasteiger partial charge on any atom is 0.209 e. The number of aryl methyl sites for hydroxylation is 1. The number of ether oxygens (including phenoxy) is 3. The largest absolute Gasteiger partial charge is 0.493 e. The Balaban J connectivity index is 1.78. The number of benzene rings is 1. The molecule has 1 heterocycles. The Morgan fingerprint density at radius 3 is 2.38 bits per heavy atom. The minimum Gasteiger partial charge on any atom is -0.493 e. The molecule has 0 fully saturated rings. The van der Waals surface area contributed by atoms with Crippen LogP contribution in [-0.4, -0.2) is 53.8 Å². The van der Waals surface area contributed by atoms with Crippen molar-refractivity contribution in [2.24, 2.45) is 7.05 Å². The number of nitrogens with one attached hydrogen (secondary N) is 1. The summed E-state index contributed by atoms with van der Waals surface area (Å²) in [7, 11) is 6.67. The fourth-order valence-electron chi connectivity index (χ4n) is 2.17. The third-order valence-electron chi connectivity index (χ3n) is 3.36. The van der Waals surface area contributed by atoms with Crippen molar-refractivity contribution in [3.63, 3.8) is 0 Å². The fourth-order valence-corrected chi connectivity index (χ4v) is 2.96. The highest BCUT2D eigenvalue weighted by Gasteiger charge is 2.12. The molecule has 0 saturated heterocycles. The van der Waals surface area contributed by atoms with Crippen LogP contribution in [0.5, 0.6) is 17.2 Å². The van der Waals surface area contributed by atoms with Crippen LogP contribution >= 0.6 is 11.8 Å². The van der Waals surface area contributed by atoms with E-state index in [2.05, 4.69) is 20.8 Å². The van der Waals surface area contributed by atoms with Gasteiger partial charge in [0.05, 0.1) is 21.3 Å². The van der Waals surface area contributed by atoms with Gasteiger partial charge in [0.1, 0.15) is 0 Å². The molecule has 24 heavy (non-hydrogen) atoms. The lowest BCUT2D eigenvalue weighted by atomic mass is 10.1. The number of tetrazole rings is 1. The Bertz CT molecular complexity index is 625. The third-order valence-corrected chi connectivity index (χ3v) is 4.46. The molecule has 9 heteroatoms. The number of rotatable bonds is 10. The Morgan fingerprint density at radius 2 is 1.83 bits per heavy atom. The first-order valence-corrected chi connectivity index (χ1v) is 8.53. The van der Waals surface area contributed by atoms with Gasteiger partial charge < -0.3 is 19.5 Å². The van der Waals surface area contributed by atoms with Crippen molar-refractivity contribution in [1.29, 1.82) is 0 Å². The first-order valence-electron chi connectivity index (χ1n) is 7.54. The van der Waals surface area contributed by atoms with Gasteiger partial charge in [0.25, 0.3) is 0 Å². The van der Waals surface area contributed by atoms with Crippen LogP contribution < -0.4 is 19.5 Å². The summed E-state index contributed by atoms with van der Waals surface area (Å²) in [6.07, 6.45) is 1.02. The van der Waals surface area contributed by atoms with Gasteiger partial charge in [0.15, 0.2) is 11.5 Å². The van der Waals surface area contributed by atoms with Gasteiger partial charge in [-0.25, -0.2) is 4.68 Å². The van der Waals surface area contributed by atoms with Crippen LogP contribution in [0.1, 0.15) is 12.0 Å². The summed E-state index contributed by atoms with van der Waals surface area (Å²) in [5.74, 6) is 2.90. The van der Waals surface area contributed by atoms with E-state index in [1.807, 2.05) is 19.2 Å². The standard InChI is InChI=1S/C15H23N5O3S/c1-20-15(17-18-19-20)24-7-5-6-16-10-11-8-12(21-2)14(23-4)13(9-11)22-3/h8-9,16H,5-7,10H2,1-4H3. The van der Waals surface area contributed by atoms with Gasteiger partial charge in [-0.2, -0.15) is 0 Å². The van der Waals surface area contributed by atoms with Crippen LogP contribution in [0.2, 0.25) is 0 Å². The molecule has 0 saturated carbocycles. The van der Waals surface area contributed by atoms with Gasteiger partial charge in [-0.3, -0.25) is 0 Å². The smallest absolute Gasteiger partial charge is 0.209 e. The van der Waals surface area contributed by atoms with Crippen molar-refractivity contribution in [3.05, 3.63) is 17.7 Å². The monoisotopic (exact) mass is 353 g/mol. The van der Waals surface area contributed by atoms with E-state index in [-0.39, 0.29) is 0 Å². The van der Waals surface area contributed by atoms with Crippen molar-refractivity contribution in [2.75, 3.05) is 33.6 Å². The topological polar surface area (TPSA) is 83.3 Å². The summed E-state index contributed by atoms with van der Waals surface area (Å²) in [4.78, 5) is 0. The molecule has 8 nitrogen and oxygen atoms in total. The number of thioether (sulfide) groups is 1. The van der Waals surface area contributed by atoms with Gasteiger partial charge in [-0.05, 0) is 41.1 Å². The Hall–Kier alpha value is -2.00. The average Bonchev–Trinajstić information content (AvgIpc) is 3.01. The van der Waals surface area contributed by atoms with Gasteiger partial charge in [-0.1, -0.05) is 11.8 Å². The van der Waals surface area contributed by atoms with Crippen molar-refractivity contribution in [3.8, 4) is 17.2 Å². The molecule has 1 aromatic carbocycles. The quantitative estimate of drug-likeness (QED) is 0.508. The predicted molar refractivity (Wildman–Crippen MR) is 91.9 cm³/mol. The molecule has 0 aliphatic rings. The van der Waals surface area contributed by atoms with Crippen LogP contribution in [0.3, 0.4) is 0 Å². The number of aromatic nitrogens is 4. The van der Waals surface area contributed by atoms with Gasteiger partial charge in [0.2, 0.25) is 10.9 Å². The number of hydrogen-bond donors (Lipinski definition) is 1. The van der Waals surface area contributed by atoms with E-state index in [0.717, 1.165) is 36.0 Å². The van der Waals surface area contributed by atoms with Crippen LogP contribution in [0.15, 0.2) is 17.3 Å². The second-order valence-electron chi connectivity index (χ2n) is 5.00. The number of nitrogens with zero attached hydrogens (tertiary/aromatic N) is 4. The van der Waals surface area contributed by atoms with Crippen molar-refractivity contribution >= 4 is 11.8 Å². The zero-order valence-corrected chi connectivity index (χ0v) is 15.2. The molecule has 132 valence electrons. The van der Waals surface area contributed by atoms with E-state index in [9.17, 15) is 0 Å². The van der Waals surface area contributed by atoms with Gasteiger partial charge in [0, 0.05) is 19.3 Å². The minimum absolute atomic E-state index is 0.609. The maximum atomic E-state index is 5.36. The Labute approximate surface area is 145 Å². The van der Waals surface area contributed by atoms with Crippen molar-refractivity contribution < 1.29 is 14.2 Å². The molecule has 0 aliphatic heterocycles. The molecule has 0 amide bonds. The SMILES string of the molecule is COc1cc(CNCCCSc2nnnn2C)cc(OC)c1OC. The van der Waals surface area contributed by atoms with E-state index in [0.29, 0.717) is 17.2 Å². The molecule has 0 atom stereocenters. The fraction of sp³-hybridized carbons (Fsp3) is 0.533. The summed E-state index contributed by atoms with van der Waals surface area (Å²) in [5.41, 5.74) is 1.08. The molecule has 2 aromatic rings. The molecule has 0 bridgehead atoms. The maximum absolute atomic E-state index is 5.36. The van der Waals surface area contributed by atoms with E-state index in [1.165, 1.54) is 0 Å². The molecule has 0 aliphatic carbocycles. The summed E-state index contributed by atoms with van der Waals surface area (Å²) in [6, 6.07) is 3.91. The van der Waals surface area contributed by atoms with E-state index >= 15 is 0 Å². The zero-order chi connectivity index (χ0) is 17.4. The second kappa shape index (κ2) is 9.33. The van der Waals surface area contributed by atoms with E-state index < -0.39 is 0 Å². The van der Waals surface area contributed by atoms with Crippen LogP contribution in [0.4, 0.5) is 0 Å². The molecule has 1 N–H and O–H groups in total. The lowest BCUT2D eigenvalue weighted by Gasteiger charge is -2.14. The average molecular weight is 353 g/mol. The lowest BCUT2D eigenvalue weighted by Crippen LogP contribution is -2.15. The van der Waals surface area contributed by atoms with E-state index in [1.54, 1.807) is 37.8 Å². The van der Waals surface area contributed by atoms with Crippen LogP contribution in [0.25, 0.3) is 0 Å². The van der Waals surface area contributed by atoms with Gasteiger partial charge >= 0.3 is 0 Å². The first-order chi connectivity index (χ1) is 11.7.